The Morgan fingerprint density at radius 2 is 1.76 bits per heavy atom. The predicted octanol–water partition coefficient (Wildman–Crippen LogP) is 3.93. The minimum atomic E-state index is -0.283. The molecule has 0 atom stereocenters. The van der Waals surface area contributed by atoms with Crippen molar-refractivity contribution in [3.63, 3.8) is 0 Å². The molecule has 3 nitrogen and oxygen atoms in total. The zero-order valence-electron chi connectivity index (χ0n) is 11.6. The maximum atomic E-state index is 12.8. The molecule has 0 bridgehead atoms. The highest BCUT2D eigenvalue weighted by Crippen LogP contribution is 2.08. The number of hydrazone groups is 1. The van der Waals surface area contributed by atoms with E-state index in [2.05, 4.69) is 15.8 Å². The first-order chi connectivity index (χ1) is 10.2. The molecule has 2 aromatic carbocycles. The van der Waals surface area contributed by atoms with Crippen molar-refractivity contribution in [2.75, 3.05) is 5.32 Å². The molecule has 5 heteroatoms. The van der Waals surface area contributed by atoms with Crippen molar-refractivity contribution in [1.29, 1.82) is 0 Å². The summed E-state index contributed by atoms with van der Waals surface area (Å²) in [6, 6.07) is 15.9. The second-order valence-electron chi connectivity index (χ2n) is 4.35. The second kappa shape index (κ2) is 7.50. The van der Waals surface area contributed by atoms with E-state index in [1.807, 2.05) is 37.3 Å². The largest absolute Gasteiger partial charge is 0.331 e. The van der Waals surface area contributed by atoms with Gasteiger partial charge in [0, 0.05) is 5.69 Å². The molecule has 0 saturated carbocycles. The van der Waals surface area contributed by atoms with Gasteiger partial charge in [0.1, 0.15) is 5.82 Å². The Bertz CT molecular complexity index is 624. The van der Waals surface area contributed by atoms with Gasteiger partial charge in [0.2, 0.25) is 0 Å². The van der Waals surface area contributed by atoms with Gasteiger partial charge in [-0.15, -0.1) is 0 Å². The Balaban J connectivity index is 1.98. The summed E-state index contributed by atoms with van der Waals surface area (Å²) in [5, 5.41) is 7.63. The van der Waals surface area contributed by atoms with E-state index in [1.165, 1.54) is 12.1 Å². The summed E-state index contributed by atoms with van der Waals surface area (Å²) in [7, 11) is 0. The molecule has 0 spiro atoms. The molecule has 0 heterocycles. The first-order valence-corrected chi connectivity index (χ1v) is 7.04. The number of hydrogen-bond donors (Lipinski definition) is 2. The third kappa shape index (κ3) is 4.65. The van der Waals surface area contributed by atoms with Gasteiger partial charge in [-0.25, -0.2) is 4.39 Å². The highest BCUT2D eigenvalue weighted by atomic mass is 32.1. The van der Waals surface area contributed by atoms with Gasteiger partial charge >= 0.3 is 0 Å². The summed E-state index contributed by atoms with van der Waals surface area (Å²) >= 11 is 5.16. The number of nitrogens with zero attached hydrogens (tertiary/aromatic N) is 1. The number of nitrogens with one attached hydrogen (secondary N) is 2. The van der Waals surface area contributed by atoms with Crippen LogP contribution in [-0.4, -0.2) is 10.8 Å². The molecule has 0 amide bonds. The van der Waals surface area contributed by atoms with Gasteiger partial charge in [-0.2, -0.15) is 5.10 Å². The molecule has 2 N–H and O–H groups in total. The summed E-state index contributed by atoms with van der Waals surface area (Å²) in [6.45, 7) is 2.03. The number of hydrogen-bond acceptors (Lipinski definition) is 2. The smallest absolute Gasteiger partial charge is 0.191 e. The third-order valence-electron chi connectivity index (χ3n) is 2.84. The summed E-state index contributed by atoms with van der Waals surface area (Å²) in [4.78, 5) is 0. The highest BCUT2D eigenvalue weighted by molar-refractivity contribution is 7.80. The van der Waals surface area contributed by atoms with E-state index >= 15 is 0 Å². The Morgan fingerprint density at radius 3 is 2.38 bits per heavy atom. The monoisotopic (exact) mass is 301 g/mol. The Kier molecular flexibility index (Phi) is 5.40. The SMILES string of the molecule is CC/C(=N/NC(=S)Nc1ccc(F)cc1)c1ccccc1. The van der Waals surface area contributed by atoms with Crippen LogP contribution in [0.15, 0.2) is 59.7 Å². The Labute approximate surface area is 128 Å². The molecular weight excluding hydrogens is 285 g/mol. The van der Waals surface area contributed by atoms with Gasteiger partial charge in [0.05, 0.1) is 5.71 Å². The Morgan fingerprint density at radius 1 is 1.10 bits per heavy atom. The van der Waals surface area contributed by atoms with Crippen LogP contribution in [0.25, 0.3) is 0 Å². The molecule has 2 aromatic rings. The molecule has 0 saturated heterocycles. The highest BCUT2D eigenvalue weighted by Gasteiger charge is 2.01. The van der Waals surface area contributed by atoms with E-state index in [4.69, 9.17) is 12.2 Å². The van der Waals surface area contributed by atoms with Crippen LogP contribution >= 0.6 is 12.2 Å². The van der Waals surface area contributed by atoms with Crippen LogP contribution < -0.4 is 10.7 Å². The number of benzene rings is 2. The number of anilines is 1. The summed E-state index contributed by atoms with van der Waals surface area (Å²) in [6.07, 6.45) is 0.788. The molecule has 21 heavy (non-hydrogen) atoms. The third-order valence-corrected chi connectivity index (χ3v) is 3.03. The fraction of sp³-hybridized carbons (Fsp3) is 0.125. The predicted molar refractivity (Wildman–Crippen MR) is 89.0 cm³/mol. The van der Waals surface area contributed by atoms with Crippen molar-refractivity contribution in [3.05, 3.63) is 66.0 Å². The summed E-state index contributed by atoms with van der Waals surface area (Å²) in [5.41, 5.74) is 5.49. The van der Waals surface area contributed by atoms with Crippen LogP contribution in [0.3, 0.4) is 0 Å². The number of thiocarbonyl (C=S) groups is 1. The van der Waals surface area contributed by atoms with Crippen LogP contribution in [-0.2, 0) is 0 Å². The van der Waals surface area contributed by atoms with Gasteiger partial charge < -0.3 is 5.32 Å². The second-order valence-corrected chi connectivity index (χ2v) is 4.76. The van der Waals surface area contributed by atoms with Gasteiger partial charge in [-0.1, -0.05) is 37.3 Å². The van der Waals surface area contributed by atoms with E-state index in [0.717, 1.165) is 17.7 Å². The maximum absolute atomic E-state index is 12.8. The first-order valence-electron chi connectivity index (χ1n) is 6.63. The van der Waals surface area contributed by atoms with E-state index in [0.29, 0.717) is 10.8 Å². The quantitative estimate of drug-likeness (QED) is 0.510. The van der Waals surface area contributed by atoms with Crippen molar-refractivity contribution in [3.8, 4) is 0 Å². The van der Waals surface area contributed by atoms with E-state index in [1.54, 1.807) is 12.1 Å². The molecule has 0 fully saturated rings. The van der Waals surface area contributed by atoms with Crippen molar-refractivity contribution >= 4 is 28.7 Å². The fourth-order valence-corrected chi connectivity index (χ4v) is 1.95. The lowest BCUT2D eigenvalue weighted by Gasteiger charge is -2.09. The van der Waals surface area contributed by atoms with Crippen LogP contribution in [0.2, 0.25) is 0 Å². The topological polar surface area (TPSA) is 36.4 Å². The van der Waals surface area contributed by atoms with Crippen LogP contribution in [0, 0.1) is 5.82 Å². The van der Waals surface area contributed by atoms with E-state index in [-0.39, 0.29) is 5.82 Å². The zero-order valence-corrected chi connectivity index (χ0v) is 12.5. The van der Waals surface area contributed by atoms with Gasteiger partial charge in [0.15, 0.2) is 5.11 Å². The number of rotatable bonds is 4. The molecule has 0 aliphatic carbocycles. The zero-order chi connectivity index (χ0) is 15.1. The molecule has 108 valence electrons. The lowest BCUT2D eigenvalue weighted by Crippen LogP contribution is -2.25. The minimum absolute atomic E-state index is 0.283. The van der Waals surface area contributed by atoms with Crippen molar-refractivity contribution in [1.82, 2.24) is 5.43 Å². The lowest BCUT2D eigenvalue weighted by atomic mass is 10.1. The number of halogens is 1. The van der Waals surface area contributed by atoms with Gasteiger partial charge in [-0.05, 0) is 48.5 Å². The fourth-order valence-electron chi connectivity index (χ4n) is 1.79. The molecule has 0 aliphatic rings. The maximum Gasteiger partial charge on any atom is 0.191 e. The standard InChI is InChI=1S/C16H16FN3S/c1-2-15(12-6-4-3-5-7-12)19-20-16(21)18-14-10-8-13(17)9-11-14/h3-11H,2H2,1H3,(H2,18,20,21)/b19-15-. The normalized spacial score (nSPS) is 11.0. The Hall–Kier alpha value is -2.27. The van der Waals surface area contributed by atoms with Gasteiger partial charge in [-0.3, -0.25) is 5.43 Å². The summed E-state index contributed by atoms with van der Waals surface area (Å²) < 4.78 is 12.8. The molecule has 0 unspecified atom stereocenters. The van der Waals surface area contributed by atoms with Crippen molar-refractivity contribution < 1.29 is 4.39 Å². The van der Waals surface area contributed by atoms with E-state index in [9.17, 15) is 4.39 Å². The lowest BCUT2D eigenvalue weighted by molar-refractivity contribution is 0.628. The summed E-state index contributed by atoms with van der Waals surface area (Å²) in [5.74, 6) is -0.283. The first kappa shape index (κ1) is 15.1. The minimum Gasteiger partial charge on any atom is -0.331 e. The molecule has 0 aliphatic heterocycles. The molecule has 0 aromatic heterocycles. The van der Waals surface area contributed by atoms with Crippen LogP contribution in [0.1, 0.15) is 18.9 Å². The molecule has 2 rings (SSSR count). The van der Waals surface area contributed by atoms with Gasteiger partial charge in [0.25, 0.3) is 0 Å². The van der Waals surface area contributed by atoms with Crippen molar-refractivity contribution in [2.45, 2.75) is 13.3 Å². The van der Waals surface area contributed by atoms with Crippen molar-refractivity contribution in [2.24, 2.45) is 5.10 Å². The van der Waals surface area contributed by atoms with Crippen LogP contribution in [0.5, 0.6) is 0 Å². The average molecular weight is 301 g/mol. The van der Waals surface area contributed by atoms with Crippen LogP contribution in [0.4, 0.5) is 10.1 Å². The average Bonchev–Trinajstić information content (AvgIpc) is 2.51. The molecule has 0 radical (unpaired) electrons. The molecular formula is C16H16FN3S. The van der Waals surface area contributed by atoms with E-state index < -0.39 is 0 Å².